The number of halogens is 1. The van der Waals surface area contributed by atoms with Crippen LogP contribution >= 0.6 is 15.9 Å². The van der Waals surface area contributed by atoms with Crippen molar-refractivity contribution in [2.45, 2.75) is 12.5 Å². The molecule has 0 aliphatic heterocycles. The van der Waals surface area contributed by atoms with Gasteiger partial charge in [-0.25, -0.2) is 5.43 Å². The fourth-order valence-corrected chi connectivity index (χ4v) is 2.96. The number of hydrogen-bond donors (Lipinski definition) is 2. The highest BCUT2D eigenvalue weighted by Gasteiger charge is 2.18. The van der Waals surface area contributed by atoms with Gasteiger partial charge in [0.25, 0.3) is 5.91 Å². The minimum Gasteiger partial charge on any atom is -0.294 e. The molecular formula is C22H19BrN2O2. The van der Waals surface area contributed by atoms with Gasteiger partial charge in [-0.15, -0.1) is 0 Å². The molecule has 3 aromatic rings. The minimum absolute atomic E-state index is 0.00202. The first-order valence-electron chi connectivity index (χ1n) is 8.58. The van der Waals surface area contributed by atoms with E-state index >= 15 is 0 Å². The standard InChI is InChI=1S/C22H19BrN2O2/c23-19-13-11-17(12-14-19)21(26)15-20(16-7-3-1-4-8-16)24-25-22(27)18-9-5-2-6-10-18/h1-14,20,24H,15H2,(H,25,27). The second kappa shape index (κ2) is 9.26. The number of carbonyl (C=O) groups excluding carboxylic acids is 2. The Morgan fingerprint density at radius 2 is 1.37 bits per heavy atom. The summed E-state index contributed by atoms with van der Waals surface area (Å²) in [5.41, 5.74) is 7.85. The largest absolute Gasteiger partial charge is 0.294 e. The van der Waals surface area contributed by atoms with Crippen LogP contribution in [0.1, 0.15) is 38.7 Å². The molecular weight excluding hydrogens is 404 g/mol. The van der Waals surface area contributed by atoms with E-state index in [9.17, 15) is 9.59 Å². The highest BCUT2D eigenvalue weighted by atomic mass is 79.9. The molecule has 3 rings (SSSR count). The van der Waals surface area contributed by atoms with E-state index in [1.807, 2.05) is 48.5 Å². The van der Waals surface area contributed by atoms with Gasteiger partial charge in [-0.2, -0.15) is 0 Å². The lowest BCUT2D eigenvalue weighted by atomic mass is 9.98. The van der Waals surface area contributed by atoms with Gasteiger partial charge in [0.1, 0.15) is 0 Å². The molecule has 0 heterocycles. The van der Waals surface area contributed by atoms with Gasteiger partial charge in [-0.1, -0.05) is 76.6 Å². The number of benzene rings is 3. The van der Waals surface area contributed by atoms with Crippen LogP contribution in [0.4, 0.5) is 0 Å². The van der Waals surface area contributed by atoms with Gasteiger partial charge >= 0.3 is 0 Å². The van der Waals surface area contributed by atoms with Crippen molar-refractivity contribution in [3.8, 4) is 0 Å². The third-order valence-corrected chi connectivity index (χ3v) is 4.68. The zero-order valence-electron chi connectivity index (χ0n) is 14.6. The van der Waals surface area contributed by atoms with Gasteiger partial charge in [0.05, 0.1) is 6.04 Å². The predicted molar refractivity (Wildman–Crippen MR) is 109 cm³/mol. The summed E-state index contributed by atoms with van der Waals surface area (Å²) in [6.07, 6.45) is 0.223. The molecule has 0 aliphatic rings. The monoisotopic (exact) mass is 422 g/mol. The maximum Gasteiger partial charge on any atom is 0.265 e. The van der Waals surface area contributed by atoms with Crippen molar-refractivity contribution in [1.82, 2.24) is 10.9 Å². The summed E-state index contributed by atoms with van der Waals surface area (Å²) in [6, 6.07) is 25.5. The molecule has 0 aromatic heterocycles. The number of hydrogen-bond acceptors (Lipinski definition) is 3. The molecule has 3 aromatic carbocycles. The lowest BCUT2D eigenvalue weighted by Gasteiger charge is -2.19. The van der Waals surface area contributed by atoms with Crippen LogP contribution < -0.4 is 10.9 Å². The van der Waals surface area contributed by atoms with Gasteiger partial charge in [0, 0.05) is 22.0 Å². The van der Waals surface area contributed by atoms with E-state index in [1.54, 1.807) is 36.4 Å². The van der Waals surface area contributed by atoms with Crippen LogP contribution in [0.2, 0.25) is 0 Å². The summed E-state index contributed by atoms with van der Waals surface area (Å²) in [4.78, 5) is 25.0. The SMILES string of the molecule is O=C(CC(NNC(=O)c1ccccc1)c1ccccc1)c1ccc(Br)cc1. The van der Waals surface area contributed by atoms with Crippen molar-refractivity contribution in [3.05, 3.63) is 106 Å². The maximum absolute atomic E-state index is 12.7. The molecule has 0 saturated carbocycles. The number of ketones is 1. The molecule has 1 unspecified atom stereocenters. The Bertz CT molecular complexity index is 897. The van der Waals surface area contributed by atoms with Crippen molar-refractivity contribution in [2.75, 3.05) is 0 Å². The summed E-state index contributed by atoms with van der Waals surface area (Å²) in [5.74, 6) is -0.245. The third-order valence-electron chi connectivity index (χ3n) is 4.15. The Kier molecular flexibility index (Phi) is 6.52. The quantitative estimate of drug-likeness (QED) is 0.428. The molecule has 0 bridgehead atoms. The number of rotatable bonds is 7. The lowest BCUT2D eigenvalue weighted by molar-refractivity contribution is 0.0900. The van der Waals surface area contributed by atoms with Crippen LogP contribution in [-0.2, 0) is 0 Å². The zero-order chi connectivity index (χ0) is 19.1. The van der Waals surface area contributed by atoms with Crippen molar-refractivity contribution in [2.24, 2.45) is 0 Å². The van der Waals surface area contributed by atoms with Crippen molar-refractivity contribution < 1.29 is 9.59 Å². The van der Waals surface area contributed by atoms with E-state index in [0.717, 1.165) is 10.0 Å². The van der Waals surface area contributed by atoms with E-state index in [0.29, 0.717) is 11.1 Å². The second-order valence-corrected chi connectivity index (χ2v) is 6.98. The molecule has 4 nitrogen and oxygen atoms in total. The minimum atomic E-state index is -0.338. The number of carbonyl (C=O) groups is 2. The molecule has 1 amide bonds. The number of hydrazine groups is 1. The topological polar surface area (TPSA) is 58.2 Å². The first kappa shape index (κ1) is 19.0. The smallest absolute Gasteiger partial charge is 0.265 e. The van der Waals surface area contributed by atoms with Crippen LogP contribution in [0.15, 0.2) is 89.4 Å². The van der Waals surface area contributed by atoms with Crippen molar-refractivity contribution >= 4 is 27.6 Å². The number of amides is 1. The Hall–Kier alpha value is -2.76. The van der Waals surface area contributed by atoms with Gasteiger partial charge in [-0.05, 0) is 29.8 Å². The van der Waals surface area contributed by atoms with Gasteiger partial charge in [0.15, 0.2) is 5.78 Å². The lowest BCUT2D eigenvalue weighted by Crippen LogP contribution is -2.40. The van der Waals surface area contributed by atoms with Gasteiger partial charge < -0.3 is 0 Å². The summed E-state index contributed by atoms with van der Waals surface area (Å²) >= 11 is 3.37. The molecule has 136 valence electrons. The third kappa shape index (κ3) is 5.36. The normalized spacial score (nSPS) is 11.6. The van der Waals surface area contributed by atoms with Crippen LogP contribution in [-0.4, -0.2) is 11.7 Å². The van der Waals surface area contributed by atoms with Crippen LogP contribution in [0.3, 0.4) is 0 Å². The fourth-order valence-electron chi connectivity index (χ4n) is 2.69. The molecule has 0 aliphatic carbocycles. The highest BCUT2D eigenvalue weighted by Crippen LogP contribution is 2.20. The summed E-state index contributed by atoms with van der Waals surface area (Å²) in [7, 11) is 0. The summed E-state index contributed by atoms with van der Waals surface area (Å²) < 4.78 is 0.923. The first-order chi connectivity index (χ1) is 13.1. The average Bonchev–Trinajstić information content (AvgIpc) is 2.72. The zero-order valence-corrected chi connectivity index (χ0v) is 16.1. The molecule has 0 fully saturated rings. The van der Waals surface area contributed by atoms with E-state index in [4.69, 9.17) is 0 Å². The average molecular weight is 423 g/mol. The van der Waals surface area contributed by atoms with Crippen molar-refractivity contribution in [3.63, 3.8) is 0 Å². The molecule has 0 saturated heterocycles. The first-order valence-corrected chi connectivity index (χ1v) is 9.37. The predicted octanol–water partition coefficient (Wildman–Crippen LogP) is 4.70. The van der Waals surface area contributed by atoms with Crippen LogP contribution in [0, 0.1) is 0 Å². The van der Waals surface area contributed by atoms with Crippen molar-refractivity contribution in [1.29, 1.82) is 0 Å². The molecule has 5 heteroatoms. The Balaban J connectivity index is 1.72. The van der Waals surface area contributed by atoms with Gasteiger partial charge in [-0.3, -0.25) is 15.0 Å². The summed E-state index contributed by atoms with van der Waals surface area (Å²) in [6.45, 7) is 0. The maximum atomic E-state index is 12.7. The van der Waals surface area contributed by atoms with E-state index in [2.05, 4.69) is 26.8 Å². The Morgan fingerprint density at radius 3 is 2.00 bits per heavy atom. The Morgan fingerprint density at radius 1 is 0.778 bits per heavy atom. The van der Waals surface area contributed by atoms with Crippen LogP contribution in [0.25, 0.3) is 0 Å². The second-order valence-electron chi connectivity index (χ2n) is 6.06. The number of nitrogens with one attached hydrogen (secondary N) is 2. The fraction of sp³-hybridized carbons (Fsp3) is 0.0909. The van der Waals surface area contributed by atoms with Crippen LogP contribution in [0.5, 0.6) is 0 Å². The van der Waals surface area contributed by atoms with Gasteiger partial charge in [0.2, 0.25) is 0 Å². The van der Waals surface area contributed by atoms with E-state index in [1.165, 1.54) is 0 Å². The molecule has 27 heavy (non-hydrogen) atoms. The number of Topliss-reactive ketones (excluding diaryl/α,β-unsaturated/α-hetero) is 1. The van der Waals surface area contributed by atoms with E-state index < -0.39 is 0 Å². The molecule has 0 spiro atoms. The summed E-state index contributed by atoms with van der Waals surface area (Å²) in [5, 5.41) is 0. The molecule has 1 atom stereocenters. The molecule has 2 N–H and O–H groups in total. The molecule has 0 radical (unpaired) electrons. The highest BCUT2D eigenvalue weighted by molar-refractivity contribution is 9.10. The van der Waals surface area contributed by atoms with E-state index in [-0.39, 0.29) is 24.2 Å². The Labute approximate surface area is 166 Å².